The standard InChI is InChI=1S/C16H23FN2OS/c1-12(11-19-6-8-20-9-7-19)18-15-5-10-21-16-13(15)3-2-4-14(16)17/h2-4,12,15,18H,5-11H2,1H3. The van der Waals surface area contributed by atoms with Crippen molar-refractivity contribution in [2.75, 3.05) is 38.6 Å². The van der Waals surface area contributed by atoms with Crippen LogP contribution in [0.15, 0.2) is 23.1 Å². The Morgan fingerprint density at radius 2 is 2.24 bits per heavy atom. The van der Waals surface area contributed by atoms with Gasteiger partial charge in [0.2, 0.25) is 0 Å². The molecule has 21 heavy (non-hydrogen) atoms. The van der Waals surface area contributed by atoms with Crippen LogP contribution in [0.1, 0.15) is 24.9 Å². The zero-order valence-electron chi connectivity index (χ0n) is 12.5. The van der Waals surface area contributed by atoms with Crippen LogP contribution < -0.4 is 5.32 Å². The Balaban J connectivity index is 1.62. The molecule has 0 saturated carbocycles. The number of thioether (sulfide) groups is 1. The fourth-order valence-electron chi connectivity index (χ4n) is 3.13. The summed E-state index contributed by atoms with van der Waals surface area (Å²) in [5.41, 5.74) is 1.13. The van der Waals surface area contributed by atoms with Crippen molar-refractivity contribution in [2.45, 2.75) is 30.3 Å². The number of rotatable bonds is 4. The molecule has 2 aliphatic rings. The molecule has 2 heterocycles. The summed E-state index contributed by atoms with van der Waals surface area (Å²) >= 11 is 1.64. The van der Waals surface area contributed by atoms with E-state index in [2.05, 4.69) is 23.2 Å². The van der Waals surface area contributed by atoms with Gasteiger partial charge in [0, 0.05) is 36.6 Å². The summed E-state index contributed by atoms with van der Waals surface area (Å²) in [5, 5.41) is 3.69. The summed E-state index contributed by atoms with van der Waals surface area (Å²) in [5.74, 6) is 0.903. The fourth-order valence-corrected chi connectivity index (χ4v) is 4.27. The van der Waals surface area contributed by atoms with Crippen molar-refractivity contribution in [3.63, 3.8) is 0 Å². The van der Waals surface area contributed by atoms with Crippen LogP contribution in [0.2, 0.25) is 0 Å². The minimum atomic E-state index is -0.0789. The number of hydrogen-bond acceptors (Lipinski definition) is 4. The molecule has 0 radical (unpaired) electrons. The highest BCUT2D eigenvalue weighted by molar-refractivity contribution is 7.99. The Morgan fingerprint density at radius 3 is 3.05 bits per heavy atom. The summed E-state index contributed by atoms with van der Waals surface area (Å²) in [6, 6.07) is 6.11. The summed E-state index contributed by atoms with van der Waals surface area (Å²) in [6.07, 6.45) is 1.06. The predicted molar refractivity (Wildman–Crippen MR) is 84.3 cm³/mol. The molecular formula is C16H23FN2OS. The first-order valence-electron chi connectivity index (χ1n) is 7.71. The van der Waals surface area contributed by atoms with Crippen LogP contribution in [0.5, 0.6) is 0 Å². The molecule has 0 bridgehead atoms. The first-order chi connectivity index (χ1) is 10.2. The van der Waals surface area contributed by atoms with E-state index in [0.717, 1.165) is 55.5 Å². The van der Waals surface area contributed by atoms with Gasteiger partial charge in [-0.05, 0) is 30.7 Å². The summed E-state index contributed by atoms with van der Waals surface area (Å²) in [4.78, 5) is 3.27. The van der Waals surface area contributed by atoms with Crippen LogP contribution in [0.4, 0.5) is 4.39 Å². The van der Waals surface area contributed by atoms with E-state index in [1.165, 1.54) is 0 Å². The van der Waals surface area contributed by atoms with Crippen LogP contribution in [-0.2, 0) is 4.74 Å². The summed E-state index contributed by atoms with van der Waals surface area (Å²) < 4.78 is 19.3. The number of halogens is 1. The second-order valence-corrected chi connectivity index (χ2v) is 6.93. The topological polar surface area (TPSA) is 24.5 Å². The number of nitrogens with one attached hydrogen (secondary N) is 1. The lowest BCUT2D eigenvalue weighted by Gasteiger charge is -2.33. The Morgan fingerprint density at radius 1 is 1.43 bits per heavy atom. The third kappa shape index (κ3) is 3.77. The molecule has 116 valence electrons. The minimum absolute atomic E-state index is 0.0789. The van der Waals surface area contributed by atoms with E-state index in [0.29, 0.717) is 6.04 Å². The van der Waals surface area contributed by atoms with Crippen molar-refractivity contribution >= 4 is 11.8 Å². The second kappa shape index (κ2) is 7.09. The molecule has 3 nitrogen and oxygen atoms in total. The summed E-state index contributed by atoms with van der Waals surface area (Å²) in [6.45, 7) is 6.94. The van der Waals surface area contributed by atoms with Crippen LogP contribution in [0.3, 0.4) is 0 Å². The number of morpholine rings is 1. The molecule has 1 aromatic rings. The molecule has 5 heteroatoms. The van der Waals surface area contributed by atoms with Gasteiger partial charge in [-0.25, -0.2) is 4.39 Å². The largest absolute Gasteiger partial charge is 0.379 e. The highest BCUT2D eigenvalue weighted by Crippen LogP contribution is 2.37. The lowest BCUT2D eigenvalue weighted by molar-refractivity contribution is 0.0338. The Labute approximate surface area is 130 Å². The smallest absolute Gasteiger partial charge is 0.137 e. The molecule has 0 spiro atoms. The Kier molecular flexibility index (Phi) is 5.16. The van der Waals surface area contributed by atoms with Crippen molar-refractivity contribution < 1.29 is 9.13 Å². The minimum Gasteiger partial charge on any atom is -0.379 e. The highest BCUT2D eigenvalue weighted by atomic mass is 32.2. The van der Waals surface area contributed by atoms with Crippen molar-refractivity contribution in [1.82, 2.24) is 10.2 Å². The van der Waals surface area contributed by atoms with Gasteiger partial charge in [0.05, 0.1) is 13.2 Å². The van der Waals surface area contributed by atoms with E-state index < -0.39 is 0 Å². The number of fused-ring (bicyclic) bond motifs is 1. The normalized spacial score (nSPS) is 24.6. The van der Waals surface area contributed by atoms with Gasteiger partial charge in [0.1, 0.15) is 5.82 Å². The van der Waals surface area contributed by atoms with Crippen molar-refractivity contribution in [3.8, 4) is 0 Å². The maximum Gasteiger partial charge on any atom is 0.137 e. The van der Waals surface area contributed by atoms with Gasteiger partial charge in [-0.15, -0.1) is 11.8 Å². The lowest BCUT2D eigenvalue weighted by Crippen LogP contribution is -2.45. The molecule has 0 amide bonds. The van der Waals surface area contributed by atoms with Crippen molar-refractivity contribution in [2.24, 2.45) is 0 Å². The molecule has 1 saturated heterocycles. The highest BCUT2D eigenvalue weighted by Gasteiger charge is 2.24. The van der Waals surface area contributed by atoms with E-state index in [9.17, 15) is 4.39 Å². The molecule has 0 aliphatic carbocycles. The maximum atomic E-state index is 13.9. The quantitative estimate of drug-likeness (QED) is 0.924. The van der Waals surface area contributed by atoms with Crippen molar-refractivity contribution in [3.05, 3.63) is 29.6 Å². The molecule has 2 unspecified atom stereocenters. The van der Waals surface area contributed by atoms with Gasteiger partial charge in [-0.2, -0.15) is 0 Å². The molecule has 0 aromatic heterocycles. The van der Waals surface area contributed by atoms with E-state index in [4.69, 9.17) is 4.74 Å². The molecule has 1 N–H and O–H groups in total. The average Bonchev–Trinajstić information content (AvgIpc) is 2.49. The average molecular weight is 310 g/mol. The van der Waals surface area contributed by atoms with Crippen LogP contribution >= 0.6 is 11.8 Å². The maximum absolute atomic E-state index is 13.9. The van der Waals surface area contributed by atoms with E-state index >= 15 is 0 Å². The number of nitrogens with zero attached hydrogens (tertiary/aromatic N) is 1. The van der Waals surface area contributed by atoms with Crippen LogP contribution in [-0.4, -0.2) is 49.5 Å². The van der Waals surface area contributed by atoms with Crippen molar-refractivity contribution in [1.29, 1.82) is 0 Å². The van der Waals surface area contributed by atoms with Gasteiger partial charge in [-0.1, -0.05) is 12.1 Å². The van der Waals surface area contributed by atoms with Gasteiger partial charge in [0.25, 0.3) is 0 Å². The SMILES string of the molecule is CC(CN1CCOCC1)NC1CCSc2c(F)cccc21. The van der Waals surface area contributed by atoms with Crippen LogP contribution in [0.25, 0.3) is 0 Å². The zero-order chi connectivity index (χ0) is 14.7. The fraction of sp³-hybridized carbons (Fsp3) is 0.625. The van der Waals surface area contributed by atoms with Gasteiger partial charge >= 0.3 is 0 Å². The number of hydrogen-bond donors (Lipinski definition) is 1. The van der Waals surface area contributed by atoms with E-state index in [1.807, 2.05) is 6.07 Å². The van der Waals surface area contributed by atoms with Gasteiger partial charge in [-0.3, -0.25) is 4.90 Å². The Hall–Kier alpha value is -0.620. The molecule has 1 fully saturated rings. The van der Waals surface area contributed by atoms with Crippen LogP contribution in [0, 0.1) is 5.82 Å². The lowest BCUT2D eigenvalue weighted by atomic mass is 10.0. The van der Waals surface area contributed by atoms with E-state index in [1.54, 1.807) is 17.8 Å². The molecule has 2 atom stereocenters. The number of ether oxygens (including phenoxy) is 1. The predicted octanol–water partition coefficient (Wildman–Crippen LogP) is 2.67. The molecule has 2 aliphatic heterocycles. The molecule has 3 rings (SSSR count). The first-order valence-corrected chi connectivity index (χ1v) is 8.70. The third-order valence-corrected chi connectivity index (χ3v) is 5.31. The zero-order valence-corrected chi connectivity index (χ0v) is 13.3. The molecular weight excluding hydrogens is 287 g/mol. The summed E-state index contributed by atoms with van der Waals surface area (Å²) in [7, 11) is 0. The molecule has 1 aromatic carbocycles. The second-order valence-electron chi connectivity index (χ2n) is 5.83. The number of benzene rings is 1. The van der Waals surface area contributed by atoms with E-state index in [-0.39, 0.29) is 11.9 Å². The Bertz CT molecular complexity index is 479. The monoisotopic (exact) mass is 310 g/mol. The van der Waals surface area contributed by atoms with Gasteiger partial charge < -0.3 is 10.1 Å². The van der Waals surface area contributed by atoms with Gasteiger partial charge in [0.15, 0.2) is 0 Å². The first kappa shape index (κ1) is 15.3. The third-order valence-electron chi connectivity index (χ3n) is 4.15.